The molecular formula is C24H25NO2S. The number of likely N-dealkylation sites (tertiary alicyclic amines) is 1. The molecular weight excluding hydrogens is 366 g/mol. The van der Waals surface area contributed by atoms with Gasteiger partial charge in [0.05, 0.1) is 5.56 Å². The fourth-order valence-corrected chi connectivity index (χ4v) is 6.40. The van der Waals surface area contributed by atoms with Crippen LogP contribution < -0.4 is 0 Å². The van der Waals surface area contributed by atoms with E-state index < -0.39 is 0 Å². The molecule has 2 aromatic carbocycles. The van der Waals surface area contributed by atoms with Crippen molar-refractivity contribution < 1.29 is 9.90 Å². The number of amides is 1. The average molecular weight is 392 g/mol. The van der Waals surface area contributed by atoms with Crippen LogP contribution in [0.4, 0.5) is 0 Å². The topological polar surface area (TPSA) is 40.5 Å². The number of phenolic OH excluding ortho intramolecular Hbond substituents is 1. The minimum absolute atomic E-state index is 0.0581. The summed E-state index contributed by atoms with van der Waals surface area (Å²) < 4.78 is 1.15. The highest BCUT2D eigenvalue weighted by Crippen LogP contribution is 2.57. The summed E-state index contributed by atoms with van der Waals surface area (Å²) in [6, 6.07) is 14.1. The number of carbonyl (C=O) groups is 1. The number of hydrogen-bond acceptors (Lipinski definition) is 3. The minimum atomic E-state index is -0.0759. The number of thiophene rings is 1. The van der Waals surface area contributed by atoms with Crippen LogP contribution in [-0.2, 0) is 11.8 Å². The molecule has 2 aliphatic rings. The normalized spacial score (nSPS) is 25.5. The van der Waals surface area contributed by atoms with Gasteiger partial charge < -0.3 is 10.0 Å². The summed E-state index contributed by atoms with van der Waals surface area (Å²) in [5.74, 6) is 0.482. The Bertz CT molecular complexity index is 1100. The van der Waals surface area contributed by atoms with Gasteiger partial charge >= 0.3 is 0 Å². The lowest BCUT2D eigenvalue weighted by atomic mass is 9.51. The maximum absolute atomic E-state index is 13.6. The lowest BCUT2D eigenvalue weighted by molar-refractivity contribution is -0.0265. The van der Waals surface area contributed by atoms with Crippen molar-refractivity contribution in [3.63, 3.8) is 0 Å². The average Bonchev–Trinajstić information content (AvgIpc) is 3.09. The van der Waals surface area contributed by atoms with Crippen LogP contribution in [0.15, 0.2) is 47.8 Å². The van der Waals surface area contributed by atoms with E-state index >= 15 is 0 Å². The lowest BCUT2D eigenvalue weighted by Crippen LogP contribution is -2.64. The Morgan fingerprint density at radius 2 is 1.93 bits per heavy atom. The van der Waals surface area contributed by atoms with E-state index in [9.17, 15) is 9.90 Å². The second-order valence-corrected chi connectivity index (χ2v) is 9.88. The number of hydrogen-bond donors (Lipinski definition) is 1. The lowest BCUT2D eigenvalue weighted by Gasteiger charge is -2.60. The Labute approximate surface area is 169 Å². The smallest absolute Gasteiger partial charge is 0.255 e. The van der Waals surface area contributed by atoms with E-state index in [1.807, 2.05) is 29.6 Å². The molecule has 3 nitrogen and oxygen atoms in total. The molecule has 1 N–H and O–H groups in total. The highest BCUT2D eigenvalue weighted by molar-refractivity contribution is 7.17. The molecule has 2 atom stereocenters. The molecule has 28 heavy (non-hydrogen) atoms. The molecule has 0 unspecified atom stereocenters. The quantitative estimate of drug-likeness (QED) is 0.606. The van der Waals surface area contributed by atoms with E-state index in [2.05, 4.69) is 37.8 Å². The summed E-state index contributed by atoms with van der Waals surface area (Å²) in [5, 5.41) is 13.6. The van der Waals surface area contributed by atoms with Crippen LogP contribution >= 0.6 is 11.3 Å². The van der Waals surface area contributed by atoms with E-state index in [0.717, 1.165) is 34.2 Å². The van der Waals surface area contributed by atoms with Crippen molar-refractivity contribution >= 4 is 27.3 Å². The van der Waals surface area contributed by atoms with Crippen LogP contribution in [0.1, 0.15) is 48.7 Å². The Balaban J connectivity index is 1.61. The molecule has 1 fully saturated rings. The van der Waals surface area contributed by atoms with Gasteiger partial charge in [-0.3, -0.25) is 4.79 Å². The van der Waals surface area contributed by atoms with Crippen molar-refractivity contribution in [3.05, 3.63) is 64.5 Å². The number of fused-ring (bicyclic) bond motifs is 5. The zero-order valence-electron chi connectivity index (χ0n) is 16.5. The van der Waals surface area contributed by atoms with Crippen molar-refractivity contribution in [2.75, 3.05) is 6.54 Å². The highest BCUT2D eigenvalue weighted by Gasteiger charge is 2.57. The summed E-state index contributed by atoms with van der Waals surface area (Å²) in [5.41, 5.74) is 2.94. The summed E-state index contributed by atoms with van der Waals surface area (Å²) in [6.07, 6.45) is 1.61. The van der Waals surface area contributed by atoms with E-state index in [4.69, 9.17) is 0 Å². The monoisotopic (exact) mass is 391 g/mol. The molecule has 1 amide bonds. The van der Waals surface area contributed by atoms with E-state index in [-0.39, 0.29) is 22.8 Å². The van der Waals surface area contributed by atoms with Crippen LogP contribution in [0.3, 0.4) is 0 Å². The third-order valence-electron chi connectivity index (χ3n) is 7.60. The summed E-state index contributed by atoms with van der Waals surface area (Å²) >= 11 is 1.63. The molecule has 2 bridgehead atoms. The van der Waals surface area contributed by atoms with Crippen molar-refractivity contribution in [1.82, 2.24) is 4.90 Å². The fraction of sp³-hybridized carbons (Fsp3) is 0.375. The van der Waals surface area contributed by atoms with Gasteiger partial charge in [0.2, 0.25) is 0 Å². The first-order valence-electron chi connectivity index (χ1n) is 9.93. The van der Waals surface area contributed by atoms with E-state index in [0.29, 0.717) is 12.2 Å². The van der Waals surface area contributed by atoms with Crippen molar-refractivity contribution in [2.45, 2.75) is 45.1 Å². The minimum Gasteiger partial charge on any atom is -0.508 e. The molecule has 4 heteroatoms. The summed E-state index contributed by atoms with van der Waals surface area (Å²) in [6.45, 7) is 7.63. The highest BCUT2D eigenvalue weighted by atomic mass is 32.1. The molecule has 1 aliphatic heterocycles. The first-order valence-corrected chi connectivity index (χ1v) is 10.8. The Morgan fingerprint density at radius 1 is 1.14 bits per heavy atom. The SMILES string of the molecule is CC1(C)[C@@H]2Cc3c(O)cccc3[C@]1(C)CCN2C(=O)c1csc2ccccc12. The fourth-order valence-electron chi connectivity index (χ4n) is 5.47. The molecule has 2 heterocycles. The van der Waals surface area contributed by atoms with Gasteiger partial charge in [0.15, 0.2) is 0 Å². The Kier molecular flexibility index (Phi) is 3.70. The number of rotatable bonds is 1. The second-order valence-electron chi connectivity index (χ2n) is 8.97. The molecule has 144 valence electrons. The van der Waals surface area contributed by atoms with Gasteiger partial charge in [-0.1, -0.05) is 51.1 Å². The molecule has 0 spiro atoms. The standard InChI is InChI=1S/C24H25NO2S/c1-23(2)21-13-16-18(8-6-9-19(16)26)24(23,3)11-12-25(21)22(27)17-14-28-20-10-5-4-7-15(17)20/h4-10,14,21,26H,11-13H2,1-3H3/t21-,24-/m0/s1. The Morgan fingerprint density at radius 3 is 2.75 bits per heavy atom. The molecule has 1 aromatic heterocycles. The molecule has 1 aliphatic carbocycles. The molecule has 0 radical (unpaired) electrons. The molecule has 3 aromatic rings. The third-order valence-corrected chi connectivity index (χ3v) is 8.56. The first-order chi connectivity index (χ1) is 13.3. The van der Waals surface area contributed by atoms with Crippen molar-refractivity contribution in [2.24, 2.45) is 5.41 Å². The maximum atomic E-state index is 13.6. The summed E-state index contributed by atoms with van der Waals surface area (Å²) in [4.78, 5) is 15.7. The van der Waals surface area contributed by atoms with Crippen LogP contribution in [0.25, 0.3) is 10.1 Å². The van der Waals surface area contributed by atoms with Gasteiger partial charge in [-0.25, -0.2) is 0 Å². The molecule has 0 saturated carbocycles. The second kappa shape index (κ2) is 5.84. The number of nitrogens with zero attached hydrogens (tertiary/aromatic N) is 1. The number of benzene rings is 2. The van der Waals surface area contributed by atoms with Crippen LogP contribution in [0.2, 0.25) is 0 Å². The Hall–Kier alpha value is -2.33. The van der Waals surface area contributed by atoms with E-state index in [1.54, 1.807) is 17.4 Å². The number of aromatic hydroxyl groups is 1. The maximum Gasteiger partial charge on any atom is 0.255 e. The van der Waals surface area contributed by atoms with E-state index in [1.165, 1.54) is 5.56 Å². The van der Waals surface area contributed by atoms with Gasteiger partial charge in [0.25, 0.3) is 5.91 Å². The number of piperidine rings is 1. The number of carbonyl (C=O) groups excluding carboxylic acids is 1. The van der Waals surface area contributed by atoms with Gasteiger partial charge in [-0.05, 0) is 41.5 Å². The van der Waals surface area contributed by atoms with Crippen molar-refractivity contribution in [1.29, 1.82) is 0 Å². The van der Waals surface area contributed by atoms with Crippen LogP contribution in [-0.4, -0.2) is 28.5 Å². The predicted octanol–water partition coefficient (Wildman–Crippen LogP) is 5.36. The van der Waals surface area contributed by atoms with Gasteiger partial charge in [-0.2, -0.15) is 0 Å². The third kappa shape index (κ3) is 2.18. The van der Waals surface area contributed by atoms with Gasteiger partial charge in [0.1, 0.15) is 5.75 Å². The van der Waals surface area contributed by atoms with Crippen LogP contribution in [0.5, 0.6) is 5.75 Å². The molecule has 5 rings (SSSR count). The van der Waals surface area contributed by atoms with Crippen LogP contribution in [0, 0.1) is 5.41 Å². The first kappa shape index (κ1) is 17.7. The summed E-state index contributed by atoms with van der Waals surface area (Å²) in [7, 11) is 0. The largest absolute Gasteiger partial charge is 0.508 e. The molecule has 1 saturated heterocycles. The van der Waals surface area contributed by atoms with Crippen molar-refractivity contribution in [3.8, 4) is 5.75 Å². The predicted molar refractivity (Wildman–Crippen MR) is 114 cm³/mol. The van der Waals surface area contributed by atoms with Gasteiger partial charge in [0, 0.05) is 33.5 Å². The zero-order chi connectivity index (χ0) is 19.7. The number of phenols is 1. The van der Waals surface area contributed by atoms with Gasteiger partial charge in [-0.15, -0.1) is 11.3 Å². The zero-order valence-corrected chi connectivity index (χ0v) is 17.3.